The Bertz CT molecular complexity index is 1010. The van der Waals surface area contributed by atoms with Gasteiger partial charge in [0.2, 0.25) is 0 Å². The molecule has 0 spiro atoms. The highest BCUT2D eigenvalue weighted by atomic mass is 32.2. The number of anilines is 1. The lowest BCUT2D eigenvalue weighted by molar-refractivity contribution is 0.598. The second kappa shape index (κ2) is 5.55. The Morgan fingerprint density at radius 3 is 2.92 bits per heavy atom. The average Bonchev–Trinajstić information content (AvgIpc) is 3.12. The van der Waals surface area contributed by atoms with Crippen LogP contribution in [0.4, 0.5) is 5.82 Å². The molecule has 1 N–H and O–H groups in total. The van der Waals surface area contributed by atoms with Crippen molar-refractivity contribution in [2.24, 2.45) is 0 Å². The van der Waals surface area contributed by atoms with Crippen molar-refractivity contribution in [3.05, 3.63) is 42.5 Å². The van der Waals surface area contributed by atoms with Crippen molar-refractivity contribution in [1.29, 1.82) is 0 Å². The number of aromatic nitrogens is 4. The molecule has 0 aliphatic carbocycles. The number of hydrogen-bond acceptors (Lipinski definition) is 6. The van der Waals surface area contributed by atoms with E-state index in [1.165, 1.54) is 6.33 Å². The van der Waals surface area contributed by atoms with Crippen LogP contribution in [-0.2, 0) is 16.4 Å². The third-order valence-electron chi connectivity index (χ3n) is 4.37. The first-order valence-corrected chi connectivity index (χ1v) is 9.47. The summed E-state index contributed by atoms with van der Waals surface area (Å²) in [6.07, 6.45) is 3.23. The third kappa shape index (κ3) is 2.34. The summed E-state index contributed by atoms with van der Waals surface area (Å²) in [6, 6.07) is 7.19. The SMILES string of the molecule is CCn1cnc2c(NCC3CS(=O)(=O)c4ccccc43)ncnc21. The van der Waals surface area contributed by atoms with Gasteiger partial charge in [0.25, 0.3) is 0 Å². The summed E-state index contributed by atoms with van der Waals surface area (Å²) >= 11 is 0. The van der Waals surface area contributed by atoms with E-state index in [2.05, 4.69) is 20.3 Å². The average molecular weight is 343 g/mol. The highest BCUT2D eigenvalue weighted by Crippen LogP contribution is 2.34. The molecule has 1 unspecified atom stereocenters. The zero-order valence-corrected chi connectivity index (χ0v) is 14.0. The highest BCUT2D eigenvalue weighted by Gasteiger charge is 2.34. The van der Waals surface area contributed by atoms with Crippen molar-refractivity contribution in [2.45, 2.75) is 24.3 Å². The van der Waals surface area contributed by atoms with Crippen molar-refractivity contribution in [3.63, 3.8) is 0 Å². The van der Waals surface area contributed by atoms with E-state index in [9.17, 15) is 8.42 Å². The minimum absolute atomic E-state index is 0.0931. The van der Waals surface area contributed by atoms with Gasteiger partial charge >= 0.3 is 0 Å². The number of rotatable bonds is 4. The van der Waals surface area contributed by atoms with Gasteiger partial charge in [-0.1, -0.05) is 18.2 Å². The van der Waals surface area contributed by atoms with Crippen LogP contribution in [0.2, 0.25) is 0 Å². The van der Waals surface area contributed by atoms with Gasteiger partial charge in [0.15, 0.2) is 21.3 Å². The first-order valence-electron chi connectivity index (χ1n) is 7.81. The molecule has 1 atom stereocenters. The Morgan fingerprint density at radius 2 is 2.08 bits per heavy atom. The summed E-state index contributed by atoms with van der Waals surface area (Å²) in [5, 5.41) is 3.25. The molecule has 0 radical (unpaired) electrons. The number of aryl methyl sites for hydroxylation is 1. The molecule has 3 heterocycles. The van der Waals surface area contributed by atoms with Gasteiger partial charge in [0, 0.05) is 19.0 Å². The molecule has 3 aromatic rings. The van der Waals surface area contributed by atoms with Crippen LogP contribution < -0.4 is 5.32 Å². The maximum Gasteiger partial charge on any atom is 0.179 e. The van der Waals surface area contributed by atoms with E-state index in [1.807, 2.05) is 23.6 Å². The number of nitrogens with one attached hydrogen (secondary N) is 1. The summed E-state index contributed by atoms with van der Waals surface area (Å²) < 4.78 is 26.5. The van der Waals surface area contributed by atoms with Crippen LogP contribution in [0.3, 0.4) is 0 Å². The van der Waals surface area contributed by atoms with Crippen LogP contribution in [0.25, 0.3) is 11.2 Å². The minimum Gasteiger partial charge on any atom is -0.367 e. The third-order valence-corrected chi connectivity index (χ3v) is 6.26. The molecular weight excluding hydrogens is 326 g/mol. The molecule has 0 bridgehead atoms. The van der Waals surface area contributed by atoms with Gasteiger partial charge in [-0.15, -0.1) is 0 Å². The Balaban J connectivity index is 1.62. The molecule has 1 aliphatic rings. The van der Waals surface area contributed by atoms with Crippen molar-refractivity contribution in [3.8, 4) is 0 Å². The fourth-order valence-corrected chi connectivity index (χ4v) is 5.06. The van der Waals surface area contributed by atoms with Crippen LogP contribution in [0.15, 0.2) is 41.8 Å². The van der Waals surface area contributed by atoms with Crippen molar-refractivity contribution >= 4 is 26.8 Å². The Hall–Kier alpha value is -2.48. The maximum absolute atomic E-state index is 12.3. The zero-order chi connectivity index (χ0) is 16.7. The molecule has 2 aromatic heterocycles. The summed E-state index contributed by atoms with van der Waals surface area (Å²) in [7, 11) is -3.19. The largest absolute Gasteiger partial charge is 0.367 e. The lowest BCUT2D eigenvalue weighted by Crippen LogP contribution is -2.15. The number of fused-ring (bicyclic) bond motifs is 2. The van der Waals surface area contributed by atoms with Gasteiger partial charge in [0.05, 0.1) is 17.0 Å². The molecule has 8 heteroatoms. The lowest BCUT2D eigenvalue weighted by atomic mass is 10.0. The normalized spacial score (nSPS) is 18.6. The monoisotopic (exact) mass is 343 g/mol. The van der Waals surface area contributed by atoms with Crippen LogP contribution >= 0.6 is 0 Å². The van der Waals surface area contributed by atoms with Crippen LogP contribution in [-0.4, -0.2) is 40.2 Å². The summed E-state index contributed by atoms with van der Waals surface area (Å²) in [6.45, 7) is 3.29. The van der Waals surface area contributed by atoms with E-state index in [-0.39, 0.29) is 11.7 Å². The van der Waals surface area contributed by atoms with E-state index in [4.69, 9.17) is 0 Å². The van der Waals surface area contributed by atoms with E-state index in [0.29, 0.717) is 22.8 Å². The summed E-state index contributed by atoms with van der Waals surface area (Å²) in [5.41, 5.74) is 2.34. The Morgan fingerprint density at radius 1 is 1.25 bits per heavy atom. The summed E-state index contributed by atoms with van der Waals surface area (Å²) in [5.74, 6) is 0.662. The smallest absolute Gasteiger partial charge is 0.179 e. The first-order chi connectivity index (χ1) is 11.6. The van der Waals surface area contributed by atoms with E-state index in [0.717, 1.165) is 17.8 Å². The minimum atomic E-state index is -3.19. The van der Waals surface area contributed by atoms with Crippen LogP contribution in [0, 0.1) is 0 Å². The number of hydrogen-bond donors (Lipinski definition) is 1. The van der Waals surface area contributed by atoms with Crippen LogP contribution in [0.5, 0.6) is 0 Å². The quantitative estimate of drug-likeness (QED) is 0.777. The number of imidazole rings is 1. The number of nitrogens with zero attached hydrogens (tertiary/aromatic N) is 4. The van der Waals surface area contributed by atoms with Gasteiger partial charge in [-0.2, -0.15) is 0 Å². The molecule has 0 saturated heterocycles. The molecule has 0 fully saturated rings. The van der Waals surface area contributed by atoms with Gasteiger partial charge in [-0.05, 0) is 18.6 Å². The maximum atomic E-state index is 12.3. The second-order valence-electron chi connectivity index (χ2n) is 5.82. The van der Waals surface area contributed by atoms with Gasteiger partial charge < -0.3 is 9.88 Å². The fourth-order valence-electron chi connectivity index (χ4n) is 3.18. The van der Waals surface area contributed by atoms with Crippen molar-refractivity contribution < 1.29 is 8.42 Å². The standard InChI is InChI=1S/C16H17N5O2S/c1-2-21-10-20-14-15(18-9-19-16(14)21)17-7-11-8-24(22,23)13-6-4-3-5-12(11)13/h3-6,9-11H,2,7-8H2,1H3,(H,17,18,19). The molecule has 0 amide bonds. The zero-order valence-electron chi connectivity index (χ0n) is 13.2. The number of benzene rings is 1. The van der Waals surface area contributed by atoms with Gasteiger partial charge in [0.1, 0.15) is 11.8 Å². The molecule has 0 saturated carbocycles. The Kier molecular flexibility index (Phi) is 3.49. The predicted molar refractivity (Wildman–Crippen MR) is 90.7 cm³/mol. The second-order valence-corrected chi connectivity index (χ2v) is 7.82. The van der Waals surface area contributed by atoms with E-state index in [1.54, 1.807) is 18.5 Å². The first kappa shape index (κ1) is 15.1. The molecule has 4 rings (SSSR count). The van der Waals surface area contributed by atoms with E-state index < -0.39 is 9.84 Å². The Labute approximate surface area is 139 Å². The van der Waals surface area contributed by atoms with Crippen LogP contribution in [0.1, 0.15) is 18.4 Å². The predicted octanol–water partition coefficient (Wildman–Crippen LogP) is 1.83. The summed E-state index contributed by atoms with van der Waals surface area (Å²) in [4.78, 5) is 13.3. The molecule has 1 aromatic carbocycles. The highest BCUT2D eigenvalue weighted by molar-refractivity contribution is 7.91. The number of sulfone groups is 1. The van der Waals surface area contributed by atoms with Gasteiger partial charge in [-0.3, -0.25) is 0 Å². The van der Waals surface area contributed by atoms with E-state index >= 15 is 0 Å². The molecule has 24 heavy (non-hydrogen) atoms. The van der Waals surface area contributed by atoms with Gasteiger partial charge in [-0.25, -0.2) is 23.4 Å². The lowest BCUT2D eigenvalue weighted by Gasteiger charge is -2.12. The topological polar surface area (TPSA) is 89.8 Å². The molecule has 124 valence electrons. The van der Waals surface area contributed by atoms with Crippen molar-refractivity contribution in [2.75, 3.05) is 17.6 Å². The molecule has 1 aliphatic heterocycles. The molecule has 7 nitrogen and oxygen atoms in total. The van der Waals surface area contributed by atoms with Crippen molar-refractivity contribution in [1.82, 2.24) is 19.5 Å². The fraction of sp³-hybridized carbons (Fsp3) is 0.312. The molecular formula is C16H17N5O2S.